The van der Waals surface area contributed by atoms with Crippen LogP contribution >= 0.6 is 0 Å². The van der Waals surface area contributed by atoms with E-state index < -0.39 is 6.04 Å². The van der Waals surface area contributed by atoms with Crippen LogP contribution in [0.25, 0.3) is 0 Å². The van der Waals surface area contributed by atoms with E-state index in [0.29, 0.717) is 18.1 Å². The van der Waals surface area contributed by atoms with E-state index in [1.807, 2.05) is 63.2 Å². The second-order valence-corrected chi connectivity index (χ2v) is 10.0. The number of carbonyl (C=O) groups excluding carboxylic acids is 1. The second kappa shape index (κ2) is 10.2. The van der Waals surface area contributed by atoms with E-state index in [1.54, 1.807) is 4.68 Å². The van der Waals surface area contributed by atoms with Crippen LogP contribution in [0.15, 0.2) is 72.2 Å². The molecule has 4 aromatic rings. The normalized spacial score (nSPS) is 14.6. The number of allylic oxidation sites excluding steroid dienone is 1. The number of nitrogens with zero attached hydrogens (tertiary/aromatic N) is 3. The predicted molar refractivity (Wildman–Crippen MR) is 150 cm³/mol. The molecule has 0 aliphatic carbocycles. The van der Waals surface area contributed by atoms with Crippen LogP contribution in [0.2, 0.25) is 0 Å². The fraction of sp³-hybridized carbons (Fsp3) is 0.258. The summed E-state index contributed by atoms with van der Waals surface area (Å²) in [5.41, 5.74) is 10.1. The van der Waals surface area contributed by atoms with Crippen molar-refractivity contribution in [2.24, 2.45) is 0 Å². The van der Waals surface area contributed by atoms with Crippen LogP contribution in [0.5, 0.6) is 5.75 Å². The van der Waals surface area contributed by atoms with Crippen LogP contribution in [0.4, 0.5) is 11.6 Å². The lowest BCUT2D eigenvalue weighted by Crippen LogP contribution is -2.31. The van der Waals surface area contributed by atoms with E-state index in [9.17, 15) is 4.79 Å². The van der Waals surface area contributed by atoms with Gasteiger partial charge in [0.25, 0.3) is 5.91 Å². The van der Waals surface area contributed by atoms with Gasteiger partial charge >= 0.3 is 0 Å². The zero-order chi connectivity index (χ0) is 27.0. The number of hydrogen-bond acceptors (Lipinski definition) is 5. The minimum Gasteiger partial charge on any atom is -0.489 e. The highest BCUT2D eigenvalue weighted by atomic mass is 16.5. The molecule has 38 heavy (non-hydrogen) atoms. The maximum atomic E-state index is 13.7. The molecule has 1 atom stereocenters. The zero-order valence-electron chi connectivity index (χ0n) is 22.7. The van der Waals surface area contributed by atoms with Crippen LogP contribution < -0.4 is 15.4 Å². The van der Waals surface area contributed by atoms with Crippen molar-refractivity contribution in [3.8, 4) is 5.75 Å². The van der Waals surface area contributed by atoms with E-state index in [1.165, 1.54) is 28.6 Å². The SMILES string of the molecule is CC1=C(C(=O)Nc2cccc(C)c2C)C(c2ccc(OCc3cc(C)c(C)cc3C)cc2)n2ncnc2N1. The molecule has 2 N–H and O–H groups in total. The first-order valence-corrected chi connectivity index (χ1v) is 12.8. The minimum absolute atomic E-state index is 0.180. The van der Waals surface area contributed by atoms with Gasteiger partial charge in [-0.1, -0.05) is 36.4 Å². The van der Waals surface area contributed by atoms with Crippen LogP contribution in [-0.2, 0) is 11.4 Å². The summed E-state index contributed by atoms with van der Waals surface area (Å²) in [7, 11) is 0. The van der Waals surface area contributed by atoms with Gasteiger partial charge in [0.2, 0.25) is 5.95 Å². The standard InChI is InChI=1S/C31H33N5O2/c1-18-8-7-9-27(22(18)5)35-30(37)28-23(6)34-31-32-17-33-36(31)29(28)24-10-12-26(13-11-24)38-16-25-15-20(3)19(2)14-21(25)4/h7-15,17,29H,16H2,1-6H3,(H,35,37)(H,32,33,34). The van der Waals surface area contributed by atoms with Gasteiger partial charge in [0.05, 0.1) is 5.57 Å². The molecule has 5 rings (SSSR count). The molecule has 1 amide bonds. The maximum absolute atomic E-state index is 13.7. The Kier molecular flexibility index (Phi) is 6.76. The second-order valence-electron chi connectivity index (χ2n) is 10.0. The summed E-state index contributed by atoms with van der Waals surface area (Å²) in [6.45, 7) is 12.8. The van der Waals surface area contributed by atoms with Crippen LogP contribution in [0.3, 0.4) is 0 Å². The fourth-order valence-electron chi connectivity index (χ4n) is 4.85. The minimum atomic E-state index is -0.435. The van der Waals surface area contributed by atoms with Gasteiger partial charge < -0.3 is 15.4 Å². The van der Waals surface area contributed by atoms with Crippen LogP contribution in [0.1, 0.15) is 51.9 Å². The molecular formula is C31H33N5O2. The summed E-state index contributed by atoms with van der Waals surface area (Å²) < 4.78 is 7.87. The quantitative estimate of drug-likeness (QED) is 0.319. The predicted octanol–water partition coefficient (Wildman–Crippen LogP) is 6.33. The largest absolute Gasteiger partial charge is 0.489 e. The first-order chi connectivity index (χ1) is 18.2. The van der Waals surface area contributed by atoms with Crippen molar-refractivity contribution in [1.82, 2.24) is 14.8 Å². The average Bonchev–Trinajstić information content (AvgIpc) is 3.35. The number of hydrogen-bond donors (Lipinski definition) is 2. The van der Waals surface area contributed by atoms with Crippen molar-refractivity contribution in [1.29, 1.82) is 0 Å². The topological polar surface area (TPSA) is 81.1 Å². The molecule has 1 aliphatic heterocycles. The molecule has 7 nitrogen and oxygen atoms in total. The molecule has 2 heterocycles. The Morgan fingerprint density at radius 2 is 1.68 bits per heavy atom. The highest BCUT2D eigenvalue weighted by Gasteiger charge is 2.33. The number of carbonyl (C=O) groups is 1. The highest BCUT2D eigenvalue weighted by molar-refractivity contribution is 6.06. The van der Waals surface area contributed by atoms with Crippen molar-refractivity contribution in [2.45, 2.75) is 54.2 Å². The van der Waals surface area contributed by atoms with Gasteiger partial charge in [-0.2, -0.15) is 10.1 Å². The molecule has 0 saturated carbocycles. The summed E-state index contributed by atoms with van der Waals surface area (Å²) in [5, 5.41) is 10.8. The van der Waals surface area contributed by atoms with Crippen LogP contribution in [0, 0.1) is 34.6 Å². The molecular weight excluding hydrogens is 474 g/mol. The molecule has 0 bridgehead atoms. The lowest BCUT2D eigenvalue weighted by Gasteiger charge is -2.29. The van der Waals surface area contributed by atoms with Crippen molar-refractivity contribution >= 4 is 17.5 Å². The number of rotatable bonds is 6. The molecule has 0 spiro atoms. The molecule has 0 fully saturated rings. The number of anilines is 2. The number of nitrogens with one attached hydrogen (secondary N) is 2. The number of ether oxygens (including phenoxy) is 1. The average molecular weight is 508 g/mol. The smallest absolute Gasteiger partial charge is 0.255 e. The van der Waals surface area contributed by atoms with E-state index in [4.69, 9.17) is 4.74 Å². The third-order valence-corrected chi connectivity index (χ3v) is 7.43. The molecule has 1 aliphatic rings. The van der Waals surface area contributed by atoms with Crippen LogP contribution in [-0.4, -0.2) is 20.7 Å². The van der Waals surface area contributed by atoms with Gasteiger partial charge in [-0.3, -0.25) is 4.79 Å². The van der Waals surface area contributed by atoms with E-state index in [0.717, 1.165) is 33.8 Å². The van der Waals surface area contributed by atoms with Gasteiger partial charge in [-0.25, -0.2) is 4.68 Å². The third-order valence-electron chi connectivity index (χ3n) is 7.43. The molecule has 194 valence electrons. The summed E-state index contributed by atoms with van der Waals surface area (Å²) in [4.78, 5) is 18.0. The summed E-state index contributed by atoms with van der Waals surface area (Å²) >= 11 is 0. The Hall–Kier alpha value is -4.39. The lowest BCUT2D eigenvalue weighted by molar-refractivity contribution is -0.113. The Morgan fingerprint density at radius 3 is 2.45 bits per heavy atom. The zero-order valence-corrected chi connectivity index (χ0v) is 22.7. The van der Waals surface area contributed by atoms with Crippen molar-refractivity contribution in [3.63, 3.8) is 0 Å². The van der Waals surface area contributed by atoms with Gasteiger partial charge in [-0.05, 0) is 98.7 Å². The fourth-order valence-corrected chi connectivity index (χ4v) is 4.85. The molecule has 7 heteroatoms. The Balaban J connectivity index is 1.42. The van der Waals surface area contributed by atoms with Gasteiger partial charge in [-0.15, -0.1) is 0 Å². The molecule has 3 aromatic carbocycles. The maximum Gasteiger partial charge on any atom is 0.255 e. The van der Waals surface area contributed by atoms with E-state index in [2.05, 4.69) is 53.6 Å². The highest BCUT2D eigenvalue weighted by Crippen LogP contribution is 2.36. The van der Waals surface area contributed by atoms with E-state index >= 15 is 0 Å². The first-order valence-electron chi connectivity index (χ1n) is 12.8. The summed E-state index contributed by atoms with van der Waals surface area (Å²) in [6.07, 6.45) is 1.50. The lowest BCUT2D eigenvalue weighted by atomic mass is 9.94. The Labute approximate surface area is 223 Å². The van der Waals surface area contributed by atoms with Gasteiger partial charge in [0, 0.05) is 11.4 Å². The van der Waals surface area contributed by atoms with Gasteiger partial charge in [0.1, 0.15) is 24.7 Å². The third kappa shape index (κ3) is 4.79. The van der Waals surface area contributed by atoms with Crippen molar-refractivity contribution < 1.29 is 9.53 Å². The number of fused-ring (bicyclic) bond motifs is 1. The van der Waals surface area contributed by atoms with Gasteiger partial charge in [0.15, 0.2) is 0 Å². The Morgan fingerprint density at radius 1 is 0.947 bits per heavy atom. The first kappa shape index (κ1) is 25.3. The van der Waals surface area contributed by atoms with Crippen molar-refractivity contribution in [3.05, 3.63) is 111 Å². The number of amides is 1. The number of aryl methyl sites for hydroxylation is 4. The van der Waals surface area contributed by atoms with Crippen molar-refractivity contribution in [2.75, 3.05) is 10.6 Å². The molecule has 1 aromatic heterocycles. The molecule has 1 unspecified atom stereocenters. The molecule has 0 radical (unpaired) electrons. The Bertz CT molecular complexity index is 1550. The number of benzene rings is 3. The summed E-state index contributed by atoms with van der Waals surface area (Å²) in [5.74, 6) is 1.18. The monoisotopic (exact) mass is 507 g/mol. The number of aromatic nitrogens is 3. The summed E-state index contributed by atoms with van der Waals surface area (Å²) in [6, 6.07) is 17.7. The molecule has 0 saturated heterocycles. The van der Waals surface area contributed by atoms with E-state index in [-0.39, 0.29) is 5.91 Å².